The van der Waals surface area contributed by atoms with Crippen molar-refractivity contribution in [3.8, 4) is 23.0 Å². The number of rotatable bonds is 4. The molecule has 0 heterocycles. The van der Waals surface area contributed by atoms with Crippen LogP contribution in [0.2, 0.25) is 0 Å². The lowest BCUT2D eigenvalue weighted by Crippen LogP contribution is -2.17. The van der Waals surface area contributed by atoms with Gasteiger partial charge >= 0.3 is 0 Å². The van der Waals surface area contributed by atoms with Gasteiger partial charge in [0.2, 0.25) is 0 Å². The fourth-order valence-corrected chi connectivity index (χ4v) is 3.63. The number of aryl methyl sites for hydroxylation is 1. The van der Waals surface area contributed by atoms with Crippen LogP contribution in [0, 0.1) is 12.8 Å². The van der Waals surface area contributed by atoms with Crippen molar-refractivity contribution in [3.63, 3.8) is 0 Å². The van der Waals surface area contributed by atoms with Gasteiger partial charge < -0.3 is 19.7 Å². The van der Waals surface area contributed by atoms with E-state index >= 15 is 0 Å². The molecule has 0 aliphatic heterocycles. The first-order chi connectivity index (χ1) is 11.5. The molecule has 128 valence electrons. The number of phenols is 2. The molecule has 2 aromatic rings. The predicted molar refractivity (Wildman–Crippen MR) is 93.3 cm³/mol. The molecule has 2 N–H and O–H groups in total. The summed E-state index contributed by atoms with van der Waals surface area (Å²) in [6, 6.07) is 7.62. The Morgan fingerprint density at radius 2 is 1.83 bits per heavy atom. The Labute approximate surface area is 142 Å². The highest BCUT2D eigenvalue weighted by Gasteiger charge is 2.24. The van der Waals surface area contributed by atoms with Gasteiger partial charge in [0.25, 0.3) is 0 Å². The van der Waals surface area contributed by atoms with E-state index in [1.165, 1.54) is 5.56 Å². The van der Waals surface area contributed by atoms with Crippen LogP contribution in [0.1, 0.15) is 28.7 Å². The zero-order valence-corrected chi connectivity index (χ0v) is 14.4. The van der Waals surface area contributed by atoms with E-state index in [2.05, 4.69) is 6.07 Å². The van der Waals surface area contributed by atoms with Crippen molar-refractivity contribution in [2.45, 2.75) is 32.6 Å². The number of benzene rings is 2. The second kappa shape index (κ2) is 6.63. The van der Waals surface area contributed by atoms with E-state index in [-0.39, 0.29) is 5.75 Å². The summed E-state index contributed by atoms with van der Waals surface area (Å²) < 4.78 is 10.4. The molecule has 24 heavy (non-hydrogen) atoms. The van der Waals surface area contributed by atoms with Crippen LogP contribution in [0.4, 0.5) is 0 Å². The maximum Gasteiger partial charge on any atom is 0.160 e. The van der Waals surface area contributed by atoms with Gasteiger partial charge in [-0.2, -0.15) is 0 Å². The van der Waals surface area contributed by atoms with Crippen molar-refractivity contribution < 1.29 is 19.7 Å². The molecular formula is C20H24O4. The van der Waals surface area contributed by atoms with Gasteiger partial charge in [-0.05, 0) is 73.4 Å². The van der Waals surface area contributed by atoms with Crippen molar-refractivity contribution in [3.05, 3.63) is 46.5 Å². The van der Waals surface area contributed by atoms with Crippen molar-refractivity contribution >= 4 is 0 Å². The van der Waals surface area contributed by atoms with Crippen LogP contribution in [0.15, 0.2) is 24.3 Å². The molecular weight excluding hydrogens is 304 g/mol. The van der Waals surface area contributed by atoms with E-state index in [0.29, 0.717) is 17.4 Å². The quantitative estimate of drug-likeness (QED) is 0.897. The number of hydrogen-bond donors (Lipinski definition) is 2. The lowest BCUT2D eigenvalue weighted by molar-refractivity contribution is 0.371. The van der Waals surface area contributed by atoms with E-state index in [4.69, 9.17) is 9.47 Å². The van der Waals surface area contributed by atoms with Crippen LogP contribution >= 0.6 is 0 Å². The molecule has 1 unspecified atom stereocenters. The van der Waals surface area contributed by atoms with E-state index in [1.54, 1.807) is 26.4 Å². The molecule has 0 saturated carbocycles. The van der Waals surface area contributed by atoms with Gasteiger partial charge in [-0.1, -0.05) is 6.07 Å². The van der Waals surface area contributed by atoms with Gasteiger partial charge in [0.15, 0.2) is 11.5 Å². The lowest BCUT2D eigenvalue weighted by Gasteiger charge is -2.27. The first-order valence-electron chi connectivity index (χ1n) is 8.27. The molecule has 1 atom stereocenters. The van der Waals surface area contributed by atoms with Gasteiger partial charge in [0, 0.05) is 5.56 Å². The summed E-state index contributed by atoms with van der Waals surface area (Å²) in [5, 5.41) is 20.5. The molecule has 0 saturated heterocycles. The number of phenolic OH excluding ortho intramolecular Hbond substituents is 2. The Bertz CT molecular complexity index is 752. The molecule has 4 heteroatoms. The molecule has 0 radical (unpaired) electrons. The Hall–Kier alpha value is -2.36. The Morgan fingerprint density at radius 3 is 2.50 bits per heavy atom. The summed E-state index contributed by atoms with van der Waals surface area (Å²) >= 11 is 0. The van der Waals surface area contributed by atoms with Crippen molar-refractivity contribution in [1.29, 1.82) is 0 Å². The molecule has 0 aromatic heterocycles. The van der Waals surface area contributed by atoms with Crippen LogP contribution in [0.25, 0.3) is 0 Å². The molecule has 3 rings (SSSR count). The van der Waals surface area contributed by atoms with Crippen molar-refractivity contribution in [2.75, 3.05) is 14.2 Å². The van der Waals surface area contributed by atoms with Crippen LogP contribution < -0.4 is 9.47 Å². The summed E-state index contributed by atoms with van der Waals surface area (Å²) in [7, 11) is 3.18. The third-order valence-electron chi connectivity index (χ3n) is 5.01. The Morgan fingerprint density at radius 1 is 1.08 bits per heavy atom. The lowest BCUT2D eigenvalue weighted by atomic mass is 9.79. The van der Waals surface area contributed by atoms with E-state index in [9.17, 15) is 10.2 Å². The molecule has 1 aliphatic carbocycles. The van der Waals surface area contributed by atoms with E-state index in [1.807, 2.05) is 13.0 Å². The maximum atomic E-state index is 10.5. The van der Waals surface area contributed by atoms with Crippen LogP contribution in [0.5, 0.6) is 23.0 Å². The Kier molecular flexibility index (Phi) is 4.56. The van der Waals surface area contributed by atoms with Gasteiger partial charge in [-0.25, -0.2) is 0 Å². The number of hydrogen-bond acceptors (Lipinski definition) is 4. The molecule has 0 fully saturated rings. The average molecular weight is 328 g/mol. The molecule has 2 aromatic carbocycles. The zero-order valence-electron chi connectivity index (χ0n) is 14.4. The fraction of sp³-hybridized carbons (Fsp3) is 0.400. The second-order valence-corrected chi connectivity index (χ2v) is 6.51. The SMILES string of the molecule is COc1ccc(CC2CCc3cc(OC)c(C)c(O)c3C2)cc1O. The third-order valence-corrected chi connectivity index (χ3v) is 5.01. The normalized spacial score (nSPS) is 16.5. The standard InChI is InChI=1S/C20H24O4/c1-12-19(24-3)11-15-6-4-13(9-16(15)20(12)22)8-14-5-7-18(23-2)17(21)10-14/h5,7,10-11,13,21-22H,4,6,8-9H2,1-3H3. The first-order valence-corrected chi connectivity index (χ1v) is 8.27. The number of aromatic hydroxyl groups is 2. The van der Waals surface area contributed by atoms with Crippen molar-refractivity contribution in [2.24, 2.45) is 5.92 Å². The van der Waals surface area contributed by atoms with Crippen molar-refractivity contribution in [1.82, 2.24) is 0 Å². The summed E-state index contributed by atoms with van der Waals surface area (Å²) in [5.74, 6) is 2.24. The number of methoxy groups -OCH3 is 2. The summed E-state index contributed by atoms with van der Waals surface area (Å²) in [6.07, 6.45) is 3.72. The van der Waals surface area contributed by atoms with E-state index < -0.39 is 0 Å². The highest BCUT2D eigenvalue weighted by Crippen LogP contribution is 2.40. The van der Waals surface area contributed by atoms with E-state index in [0.717, 1.165) is 48.1 Å². The van der Waals surface area contributed by atoms with Crippen LogP contribution in [0.3, 0.4) is 0 Å². The minimum atomic E-state index is 0.176. The minimum Gasteiger partial charge on any atom is -0.507 e. The largest absolute Gasteiger partial charge is 0.507 e. The number of fused-ring (bicyclic) bond motifs is 1. The summed E-state index contributed by atoms with van der Waals surface area (Å²) in [6.45, 7) is 1.89. The summed E-state index contributed by atoms with van der Waals surface area (Å²) in [5.41, 5.74) is 4.12. The predicted octanol–water partition coefficient (Wildman–Crippen LogP) is 3.77. The fourth-order valence-electron chi connectivity index (χ4n) is 3.63. The molecule has 0 spiro atoms. The average Bonchev–Trinajstić information content (AvgIpc) is 2.58. The topological polar surface area (TPSA) is 58.9 Å². The van der Waals surface area contributed by atoms with Gasteiger partial charge in [0.1, 0.15) is 11.5 Å². The minimum absolute atomic E-state index is 0.176. The molecule has 0 bridgehead atoms. The molecule has 4 nitrogen and oxygen atoms in total. The highest BCUT2D eigenvalue weighted by atomic mass is 16.5. The van der Waals surface area contributed by atoms with Crippen LogP contribution in [-0.4, -0.2) is 24.4 Å². The monoisotopic (exact) mass is 328 g/mol. The third kappa shape index (κ3) is 3.01. The maximum absolute atomic E-state index is 10.5. The second-order valence-electron chi connectivity index (χ2n) is 6.51. The number of ether oxygens (including phenoxy) is 2. The smallest absolute Gasteiger partial charge is 0.160 e. The van der Waals surface area contributed by atoms with Gasteiger partial charge in [-0.3, -0.25) is 0 Å². The summed E-state index contributed by atoms with van der Waals surface area (Å²) in [4.78, 5) is 0. The highest BCUT2D eigenvalue weighted by molar-refractivity contribution is 5.54. The molecule has 1 aliphatic rings. The zero-order chi connectivity index (χ0) is 17.3. The van der Waals surface area contributed by atoms with Gasteiger partial charge in [-0.15, -0.1) is 0 Å². The van der Waals surface area contributed by atoms with Gasteiger partial charge in [0.05, 0.1) is 14.2 Å². The first kappa shape index (κ1) is 16.5. The Balaban J connectivity index is 1.80. The molecule has 0 amide bonds. The van der Waals surface area contributed by atoms with Crippen LogP contribution in [-0.2, 0) is 19.3 Å².